The van der Waals surface area contributed by atoms with Crippen molar-refractivity contribution in [2.75, 3.05) is 11.5 Å². The number of hydrogen-bond acceptors (Lipinski definition) is 3. The monoisotopic (exact) mass is 206 g/mol. The number of carbonyl (C=O) groups is 1. The highest BCUT2D eigenvalue weighted by Gasteiger charge is 2.20. The molecule has 0 N–H and O–H groups in total. The highest BCUT2D eigenvalue weighted by molar-refractivity contribution is 8.13. The van der Waals surface area contributed by atoms with Gasteiger partial charge in [-0.3, -0.25) is 4.79 Å². The van der Waals surface area contributed by atoms with Gasteiger partial charge in [-0.2, -0.15) is 12.6 Å². The average molecular weight is 206 g/mol. The molecule has 0 saturated carbocycles. The Labute approximate surface area is 85.1 Å². The maximum absolute atomic E-state index is 11.4. The quantitative estimate of drug-likeness (QED) is 0.562. The molecule has 0 amide bonds. The Morgan fingerprint density at radius 1 is 1.33 bits per heavy atom. The third-order valence-corrected chi connectivity index (χ3v) is 3.08. The van der Waals surface area contributed by atoms with Crippen molar-refractivity contribution in [1.29, 1.82) is 0 Å². The number of thioether (sulfide) groups is 1. The first-order valence-electron chi connectivity index (χ1n) is 4.26. The van der Waals surface area contributed by atoms with E-state index < -0.39 is 0 Å². The van der Waals surface area contributed by atoms with Crippen LogP contribution in [0.2, 0.25) is 0 Å². The summed E-state index contributed by atoms with van der Waals surface area (Å²) in [5, 5.41) is 0.293. The fourth-order valence-electron chi connectivity index (χ4n) is 0.595. The first-order chi connectivity index (χ1) is 5.48. The third kappa shape index (κ3) is 5.95. The second-order valence-corrected chi connectivity index (χ2v) is 5.33. The maximum Gasteiger partial charge on any atom is 0.194 e. The lowest BCUT2D eigenvalue weighted by atomic mass is 10.00. The zero-order valence-electron chi connectivity index (χ0n) is 8.09. The Kier molecular flexibility index (Phi) is 6.10. The number of unbranched alkanes of at least 4 members (excludes halogenated alkanes) is 1. The number of rotatable bonds is 4. The molecular weight excluding hydrogens is 188 g/mol. The molecule has 0 aliphatic rings. The van der Waals surface area contributed by atoms with Gasteiger partial charge < -0.3 is 0 Å². The van der Waals surface area contributed by atoms with Crippen molar-refractivity contribution in [3.05, 3.63) is 0 Å². The smallest absolute Gasteiger partial charge is 0.194 e. The molecule has 0 aliphatic carbocycles. The van der Waals surface area contributed by atoms with Crippen LogP contribution in [0.4, 0.5) is 0 Å². The Bertz CT molecular complexity index is 138. The molecule has 0 aliphatic heterocycles. The Hall–Kier alpha value is 0.370. The van der Waals surface area contributed by atoms with Gasteiger partial charge in [-0.25, -0.2) is 0 Å². The largest absolute Gasteiger partial charge is 0.287 e. The van der Waals surface area contributed by atoms with Crippen LogP contribution in [0.5, 0.6) is 0 Å². The third-order valence-electron chi connectivity index (χ3n) is 1.40. The van der Waals surface area contributed by atoms with Crippen molar-refractivity contribution in [3.63, 3.8) is 0 Å². The van der Waals surface area contributed by atoms with Crippen LogP contribution in [0.1, 0.15) is 33.6 Å². The molecule has 3 heteroatoms. The van der Waals surface area contributed by atoms with E-state index in [0.29, 0.717) is 5.12 Å². The van der Waals surface area contributed by atoms with Gasteiger partial charge in [-0.1, -0.05) is 32.5 Å². The van der Waals surface area contributed by atoms with Crippen molar-refractivity contribution >= 4 is 29.5 Å². The number of thiol groups is 1. The van der Waals surface area contributed by atoms with E-state index in [1.165, 1.54) is 11.8 Å². The van der Waals surface area contributed by atoms with Crippen LogP contribution >= 0.6 is 24.4 Å². The molecule has 0 bridgehead atoms. The molecule has 72 valence electrons. The predicted molar refractivity (Wildman–Crippen MR) is 60.0 cm³/mol. The van der Waals surface area contributed by atoms with Gasteiger partial charge in [0.2, 0.25) is 0 Å². The van der Waals surface area contributed by atoms with E-state index in [4.69, 9.17) is 0 Å². The molecular formula is C9H18OS2. The van der Waals surface area contributed by atoms with E-state index in [2.05, 4.69) is 12.6 Å². The first kappa shape index (κ1) is 12.4. The lowest BCUT2D eigenvalue weighted by Crippen LogP contribution is -2.16. The molecule has 0 spiro atoms. The molecule has 0 aromatic carbocycles. The van der Waals surface area contributed by atoms with Gasteiger partial charge in [0, 0.05) is 11.2 Å². The minimum atomic E-state index is -0.189. The van der Waals surface area contributed by atoms with Crippen LogP contribution in [0.15, 0.2) is 0 Å². The summed E-state index contributed by atoms with van der Waals surface area (Å²) in [6.07, 6.45) is 2.20. The Balaban J connectivity index is 3.45. The van der Waals surface area contributed by atoms with Crippen LogP contribution < -0.4 is 0 Å². The van der Waals surface area contributed by atoms with Gasteiger partial charge in [0.05, 0.1) is 0 Å². The fourth-order valence-corrected chi connectivity index (χ4v) is 1.79. The molecule has 0 aromatic rings. The molecule has 0 rings (SSSR count). The Morgan fingerprint density at radius 3 is 2.33 bits per heavy atom. The highest BCUT2D eigenvalue weighted by atomic mass is 32.2. The molecule has 0 radical (unpaired) electrons. The maximum atomic E-state index is 11.4. The molecule has 0 saturated heterocycles. The van der Waals surface area contributed by atoms with Crippen molar-refractivity contribution < 1.29 is 4.79 Å². The van der Waals surface area contributed by atoms with Crippen LogP contribution in [0.3, 0.4) is 0 Å². The van der Waals surface area contributed by atoms with E-state index in [1.54, 1.807) is 0 Å². The van der Waals surface area contributed by atoms with Gasteiger partial charge in [0.25, 0.3) is 0 Å². The lowest BCUT2D eigenvalue weighted by molar-refractivity contribution is -0.117. The van der Waals surface area contributed by atoms with Gasteiger partial charge >= 0.3 is 0 Å². The van der Waals surface area contributed by atoms with Crippen molar-refractivity contribution in [2.24, 2.45) is 5.41 Å². The second-order valence-electron chi connectivity index (χ2n) is 3.82. The van der Waals surface area contributed by atoms with E-state index >= 15 is 0 Å². The van der Waals surface area contributed by atoms with Gasteiger partial charge in [-0.05, 0) is 18.6 Å². The summed E-state index contributed by atoms with van der Waals surface area (Å²) in [5.41, 5.74) is -0.189. The zero-order chi connectivity index (χ0) is 9.61. The van der Waals surface area contributed by atoms with Gasteiger partial charge in [-0.15, -0.1) is 0 Å². The summed E-state index contributed by atoms with van der Waals surface area (Å²) in [4.78, 5) is 11.4. The molecule has 0 unspecified atom stereocenters. The van der Waals surface area contributed by atoms with Crippen molar-refractivity contribution in [3.8, 4) is 0 Å². The predicted octanol–water partition coefficient (Wildman–Crippen LogP) is 3.00. The van der Waals surface area contributed by atoms with Crippen LogP contribution in [0.25, 0.3) is 0 Å². The fraction of sp³-hybridized carbons (Fsp3) is 0.889. The second kappa shape index (κ2) is 5.92. The van der Waals surface area contributed by atoms with Crippen molar-refractivity contribution in [2.45, 2.75) is 33.6 Å². The molecule has 0 atom stereocenters. The normalized spacial score (nSPS) is 11.7. The summed E-state index contributed by atoms with van der Waals surface area (Å²) >= 11 is 5.56. The van der Waals surface area contributed by atoms with Crippen LogP contribution in [0, 0.1) is 5.41 Å². The number of carbonyl (C=O) groups excluding carboxylic acids is 1. The van der Waals surface area contributed by atoms with Gasteiger partial charge in [0.1, 0.15) is 0 Å². The summed E-state index contributed by atoms with van der Waals surface area (Å²) in [6, 6.07) is 0. The summed E-state index contributed by atoms with van der Waals surface area (Å²) in [5.74, 6) is 1.86. The standard InChI is InChI=1S/C9H18OS2/c1-9(2,3)8(10)12-7-5-4-6-11/h11H,4-7H2,1-3H3. The van der Waals surface area contributed by atoms with Crippen LogP contribution in [-0.4, -0.2) is 16.6 Å². The average Bonchev–Trinajstić information content (AvgIpc) is 1.96. The topological polar surface area (TPSA) is 17.1 Å². The Morgan fingerprint density at radius 2 is 1.92 bits per heavy atom. The number of hydrogen-bond donors (Lipinski definition) is 1. The van der Waals surface area contributed by atoms with E-state index in [9.17, 15) is 4.79 Å². The van der Waals surface area contributed by atoms with E-state index in [-0.39, 0.29) is 5.41 Å². The molecule has 1 nitrogen and oxygen atoms in total. The minimum absolute atomic E-state index is 0.189. The molecule has 12 heavy (non-hydrogen) atoms. The SMILES string of the molecule is CC(C)(C)C(=O)SCCCCS. The first-order valence-corrected chi connectivity index (χ1v) is 5.88. The van der Waals surface area contributed by atoms with E-state index in [0.717, 1.165) is 24.3 Å². The minimum Gasteiger partial charge on any atom is -0.287 e. The summed E-state index contributed by atoms with van der Waals surface area (Å²) < 4.78 is 0. The zero-order valence-corrected chi connectivity index (χ0v) is 9.80. The van der Waals surface area contributed by atoms with Crippen molar-refractivity contribution in [1.82, 2.24) is 0 Å². The van der Waals surface area contributed by atoms with Gasteiger partial charge in [0.15, 0.2) is 5.12 Å². The molecule has 0 fully saturated rings. The summed E-state index contributed by atoms with van der Waals surface area (Å²) in [7, 11) is 0. The lowest BCUT2D eigenvalue weighted by Gasteiger charge is -2.15. The molecule has 0 heterocycles. The summed E-state index contributed by atoms with van der Waals surface area (Å²) in [6.45, 7) is 5.88. The highest BCUT2D eigenvalue weighted by Crippen LogP contribution is 2.23. The van der Waals surface area contributed by atoms with Crippen LogP contribution in [-0.2, 0) is 4.79 Å². The molecule has 0 aromatic heterocycles. The van der Waals surface area contributed by atoms with E-state index in [1.807, 2.05) is 20.8 Å².